The van der Waals surface area contributed by atoms with E-state index in [1.54, 1.807) is 0 Å². The van der Waals surface area contributed by atoms with Crippen LogP contribution in [0.1, 0.15) is 88.1 Å². The summed E-state index contributed by atoms with van der Waals surface area (Å²) in [6.45, 7) is 20.2. The first-order chi connectivity index (χ1) is 18.6. The number of carbonyl (C=O) groups is 2. The number of ether oxygens (including phenoxy) is 2. The molecule has 0 unspecified atom stereocenters. The summed E-state index contributed by atoms with van der Waals surface area (Å²) in [6.07, 6.45) is 2.72. The Bertz CT molecular complexity index is 1110. The molecule has 0 spiro atoms. The number of morpholine rings is 1. The third-order valence-corrected chi connectivity index (χ3v) is 8.19. The van der Waals surface area contributed by atoms with Gasteiger partial charge in [-0.3, -0.25) is 14.5 Å². The molecule has 1 amide bonds. The number of aryl methyl sites for hydroxylation is 1. The zero-order chi connectivity index (χ0) is 28.6. The molecule has 216 valence electrons. The maximum absolute atomic E-state index is 13.2. The third kappa shape index (κ3) is 7.31. The van der Waals surface area contributed by atoms with Crippen LogP contribution in [0.4, 0.5) is 0 Å². The van der Waals surface area contributed by atoms with Crippen LogP contribution in [0.25, 0.3) is 0 Å². The quantitative estimate of drug-likeness (QED) is 0.347. The summed E-state index contributed by atoms with van der Waals surface area (Å²) in [5, 5.41) is 3.14. The molecule has 0 radical (unpaired) electrons. The van der Waals surface area contributed by atoms with E-state index in [4.69, 9.17) is 9.47 Å². The van der Waals surface area contributed by atoms with Crippen molar-refractivity contribution in [3.63, 3.8) is 0 Å². The predicted octanol–water partition coefficient (Wildman–Crippen LogP) is 5.37. The van der Waals surface area contributed by atoms with E-state index in [0.29, 0.717) is 12.2 Å². The monoisotopic (exact) mass is 539 g/mol. The van der Waals surface area contributed by atoms with Gasteiger partial charge in [-0.25, -0.2) is 0 Å². The fourth-order valence-corrected chi connectivity index (χ4v) is 5.48. The summed E-state index contributed by atoms with van der Waals surface area (Å²) in [5.74, 6) is 0.796. The number of nitrogens with zero attached hydrogens (tertiary/aromatic N) is 2. The first-order valence-electron chi connectivity index (χ1n) is 14.6. The summed E-state index contributed by atoms with van der Waals surface area (Å²) in [7, 11) is 0. The lowest BCUT2D eigenvalue weighted by Gasteiger charge is -2.34. The molecule has 1 aliphatic heterocycles. The van der Waals surface area contributed by atoms with Gasteiger partial charge in [-0.2, -0.15) is 0 Å². The van der Waals surface area contributed by atoms with Crippen LogP contribution in [0.2, 0.25) is 0 Å². The van der Waals surface area contributed by atoms with Gasteiger partial charge in [0.15, 0.2) is 5.78 Å². The number of Topliss-reactive ketones (excluding diaryl/α,β-unsaturated/α-hetero) is 1. The molecule has 2 heterocycles. The fourth-order valence-electron chi connectivity index (χ4n) is 5.48. The molecular formula is C32H49N3O4. The van der Waals surface area contributed by atoms with Crippen molar-refractivity contribution in [3.05, 3.63) is 52.8 Å². The number of benzene rings is 1. The number of carbonyl (C=O) groups excluding carboxylic acids is 2. The molecule has 1 saturated heterocycles. The number of aromatic nitrogens is 1. The number of nitrogens with one attached hydrogen (secondary N) is 1. The second kappa shape index (κ2) is 13.6. The number of amides is 1. The molecule has 1 fully saturated rings. The summed E-state index contributed by atoms with van der Waals surface area (Å²) < 4.78 is 13.5. The minimum atomic E-state index is -0.425. The number of ketones is 1. The molecule has 0 atom stereocenters. The topological polar surface area (TPSA) is 72.8 Å². The van der Waals surface area contributed by atoms with E-state index < -0.39 is 5.41 Å². The Hall–Kier alpha value is -2.64. The predicted molar refractivity (Wildman–Crippen MR) is 157 cm³/mol. The van der Waals surface area contributed by atoms with E-state index in [9.17, 15) is 9.59 Å². The molecule has 0 bridgehead atoms. The van der Waals surface area contributed by atoms with Crippen LogP contribution >= 0.6 is 0 Å². The molecule has 7 nitrogen and oxygen atoms in total. The molecule has 0 aliphatic carbocycles. The maximum Gasteiger partial charge on any atom is 0.267 e. The summed E-state index contributed by atoms with van der Waals surface area (Å²) >= 11 is 0. The van der Waals surface area contributed by atoms with Crippen LogP contribution in [0.3, 0.4) is 0 Å². The Balaban J connectivity index is 1.77. The molecule has 7 heteroatoms. The minimum absolute atomic E-state index is 0.0189. The van der Waals surface area contributed by atoms with Crippen LogP contribution in [-0.2, 0) is 21.5 Å². The number of rotatable bonds is 13. The highest BCUT2D eigenvalue weighted by Crippen LogP contribution is 2.41. The van der Waals surface area contributed by atoms with Crippen LogP contribution in [0.5, 0.6) is 5.75 Å². The van der Waals surface area contributed by atoms with Crippen LogP contribution in [0.15, 0.2) is 30.3 Å². The first kappa shape index (κ1) is 30.9. The highest BCUT2D eigenvalue weighted by Gasteiger charge is 2.35. The third-order valence-electron chi connectivity index (χ3n) is 8.19. The smallest absolute Gasteiger partial charge is 0.267 e. The Labute approximate surface area is 235 Å². The van der Waals surface area contributed by atoms with Crippen LogP contribution in [-0.4, -0.2) is 67.2 Å². The molecule has 3 rings (SSSR count). The van der Waals surface area contributed by atoms with Crippen molar-refractivity contribution in [2.75, 3.05) is 46.0 Å². The van der Waals surface area contributed by atoms with Crippen molar-refractivity contribution in [2.45, 2.75) is 79.7 Å². The number of hydrogen-bond acceptors (Lipinski definition) is 5. The second-order valence-electron chi connectivity index (χ2n) is 11.6. The maximum atomic E-state index is 13.2. The molecule has 2 aromatic rings. The standard InChI is InChI=1S/C32H49N3O4/c1-8-32(9-2,25-12-14-27(24(4)22-25)39-23-29(36)31(5,6)7)28-15-13-26(35(28)10-3)30(37)33-16-11-17-34-18-20-38-21-19-34/h12-15,22H,8-11,16-21,23H2,1-7H3,(H,33,37). The second-order valence-corrected chi connectivity index (χ2v) is 11.6. The van der Waals surface area contributed by atoms with E-state index in [-0.39, 0.29) is 23.7 Å². The molecule has 1 aromatic heterocycles. The van der Waals surface area contributed by atoms with Crippen molar-refractivity contribution in [1.29, 1.82) is 0 Å². The average molecular weight is 540 g/mol. The van der Waals surface area contributed by atoms with Gasteiger partial charge < -0.3 is 19.4 Å². The van der Waals surface area contributed by atoms with Gasteiger partial charge in [-0.1, -0.05) is 46.8 Å². The van der Waals surface area contributed by atoms with E-state index >= 15 is 0 Å². The minimum Gasteiger partial charge on any atom is -0.486 e. The van der Waals surface area contributed by atoms with Crippen LogP contribution < -0.4 is 10.1 Å². The fraction of sp³-hybridized carbons (Fsp3) is 0.625. The molecule has 39 heavy (non-hydrogen) atoms. The molecule has 1 N–H and O–H groups in total. The summed E-state index contributed by atoms with van der Waals surface area (Å²) in [4.78, 5) is 28.0. The van der Waals surface area contributed by atoms with Crippen molar-refractivity contribution in [2.24, 2.45) is 5.41 Å². The average Bonchev–Trinajstić information content (AvgIpc) is 3.36. The van der Waals surface area contributed by atoms with Gasteiger partial charge in [0.05, 0.1) is 13.2 Å². The zero-order valence-corrected chi connectivity index (χ0v) is 25.2. The number of hydrogen-bond donors (Lipinski definition) is 1. The Morgan fingerprint density at radius 3 is 2.31 bits per heavy atom. The summed E-state index contributed by atoms with van der Waals surface area (Å²) in [5.41, 5.74) is 3.41. The highest BCUT2D eigenvalue weighted by atomic mass is 16.5. The lowest BCUT2D eigenvalue weighted by atomic mass is 9.72. The van der Waals surface area contributed by atoms with E-state index in [1.807, 2.05) is 39.8 Å². The van der Waals surface area contributed by atoms with Gasteiger partial charge >= 0.3 is 0 Å². The van der Waals surface area contributed by atoms with Crippen molar-refractivity contribution in [3.8, 4) is 5.75 Å². The Morgan fingerprint density at radius 1 is 1.03 bits per heavy atom. The van der Waals surface area contributed by atoms with Gasteiger partial charge in [-0.05, 0) is 69.0 Å². The van der Waals surface area contributed by atoms with E-state index in [0.717, 1.165) is 75.7 Å². The van der Waals surface area contributed by atoms with Crippen molar-refractivity contribution < 1.29 is 19.1 Å². The Morgan fingerprint density at radius 2 is 1.72 bits per heavy atom. The molecule has 1 aliphatic rings. The summed E-state index contributed by atoms with van der Waals surface area (Å²) in [6, 6.07) is 10.4. The molecular weight excluding hydrogens is 490 g/mol. The van der Waals surface area contributed by atoms with Gasteiger partial charge in [-0.15, -0.1) is 0 Å². The normalized spacial score (nSPS) is 14.8. The Kier molecular flexibility index (Phi) is 10.8. The van der Waals surface area contributed by atoms with Gasteiger partial charge in [0.2, 0.25) is 0 Å². The lowest BCUT2D eigenvalue weighted by Crippen LogP contribution is -2.38. The molecule has 0 saturated carbocycles. The van der Waals surface area contributed by atoms with Gasteiger partial charge in [0.25, 0.3) is 5.91 Å². The molecule has 1 aromatic carbocycles. The van der Waals surface area contributed by atoms with E-state index in [2.05, 4.69) is 53.8 Å². The van der Waals surface area contributed by atoms with Crippen molar-refractivity contribution >= 4 is 11.7 Å². The highest BCUT2D eigenvalue weighted by molar-refractivity contribution is 5.93. The van der Waals surface area contributed by atoms with Gasteiger partial charge in [0.1, 0.15) is 18.1 Å². The van der Waals surface area contributed by atoms with E-state index in [1.165, 1.54) is 5.56 Å². The van der Waals surface area contributed by atoms with Gasteiger partial charge in [0, 0.05) is 42.7 Å². The largest absolute Gasteiger partial charge is 0.486 e. The van der Waals surface area contributed by atoms with Crippen LogP contribution in [0, 0.1) is 12.3 Å². The first-order valence-corrected chi connectivity index (χ1v) is 14.6. The van der Waals surface area contributed by atoms with Crippen molar-refractivity contribution in [1.82, 2.24) is 14.8 Å². The SMILES string of the molecule is CCn1c(C(=O)NCCCN2CCOCC2)ccc1C(CC)(CC)c1ccc(OCC(=O)C(C)(C)C)c(C)c1. The zero-order valence-electron chi connectivity index (χ0n) is 25.2. The lowest BCUT2D eigenvalue weighted by molar-refractivity contribution is -0.128.